The van der Waals surface area contributed by atoms with Gasteiger partial charge in [0.05, 0.1) is 6.61 Å². The van der Waals surface area contributed by atoms with Crippen LogP contribution in [0, 0.1) is 0 Å². The number of hydrogen-bond acceptors (Lipinski definition) is 2. The normalized spacial score (nSPS) is 10.9. The van der Waals surface area contributed by atoms with E-state index in [9.17, 15) is 4.79 Å². The molecule has 0 radical (unpaired) electrons. The smallest absolute Gasteiger partial charge is 0.302 e. The van der Waals surface area contributed by atoms with Gasteiger partial charge in [-0.1, -0.05) is 44.8 Å². The van der Waals surface area contributed by atoms with Crippen LogP contribution in [-0.4, -0.2) is 12.6 Å². The van der Waals surface area contributed by atoms with Crippen molar-refractivity contribution in [3.63, 3.8) is 0 Å². The third-order valence-corrected chi connectivity index (χ3v) is 2.46. The van der Waals surface area contributed by atoms with E-state index in [-0.39, 0.29) is 5.97 Å². The standard InChI is InChI=1S/C14H26O2/c1-3-4-5-6-7-8-9-10-11-12-13-16-14(2)15/h6-7H,3-5,8-13H2,1-2H3/b7-6-. The van der Waals surface area contributed by atoms with E-state index < -0.39 is 0 Å². The Labute approximate surface area is 100 Å². The minimum Gasteiger partial charge on any atom is -0.466 e. The van der Waals surface area contributed by atoms with Crippen LogP contribution in [0.5, 0.6) is 0 Å². The van der Waals surface area contributed by atoms with Crippen LogP contribution in [-0.2, 0) is 9.53 Å². The molecular weight excluding hydrogens is 200 g/mol. The van der Waals surface area contributed by atoms with Crippen molar-refractivity contribution in [2.24, 2.45) is 0 Å². The van der Waals surface area contributed by atoms with Crippen molar-refractivity contribution in [1.29, 1.82) is 0 Å². The second-order valence-corrected chi connectivity index (χ2v) is 4.16. The summed E-state index contributed by atoms with van der Waals surface area (Å²) in [4.78, 5) is 10.5. The third-order valence-electron chi connectivity index (χ3n) is 2.46. The van der Waals surface area contributed by atoms with E-state index in [1.54, 1.807) is 0 Å². The Morgan fingerprint density at radius 1 is 1.00 bits per heavy atom. The fourth-order valence-corrected chi connectivity index (χ4v) is 1.49. The number of allylic oxidation sites excluding steroid dienone is 2. The van der Waals surface area contributed by atoms with Crippen LogP contribution in [0.1, 0.15) is 65.2 Å². The predicted molar refractivity (Wildman–Crippen MR) is 68.4 cm³/mol. The monoisotopic (exact) mass is 226 g/mol. The molecule has 0 atom stereocenters. The zero-order valence-electron chi connectivity index (χ0n) is 10.8. The fourth-order valence-electron chi connectivity index (χ4n) is 1.49. The van der Waals surface area contributed by atoms with E-state index in [1.807, 2.05) is 0 Å². The van der Waals surface area contributed by atoms with Gasteiger partial charge in [-0.3, -0.25) is 4.79 Å². The van der Waals surface area contributed by atoms with Crippen molar-refractivity contribution in [1.82, 2.24) is 0 Å². The molecule has 0 aliphatic carbocycles. The molecule has 2 heteroatoms. The molecule has 0 fully saturated rings. The average Bonchev–Trinajstić information content (AvgIpc) is 2.25. The average molecular weight is 226 g/mol. The molecule has 0 aliphatic heterocycles. The summed E-state index contributed by atoms with van der Waals surface area (Å²) >= 11 is 0. The van der Waals surface area contributed by atoms with Crippen molar-refractivity contribution in [3.8, 4) is 0 Å². The maximum absolute atomic E-state index is 10.5. The molecule has 2 nitrogen and oxygen atoms in total. The zero-order valence-corrected chi connectivity index (χ0v) is 10.8. The van der Waals surface area contributed by atoms with Gasteiger partial charge >= 0.3 is 5.97 Å². The molecule has 0 spiro atoms. The second kappa shape index (κ2) is 12.3. The highest BCUT2D eigenvalue weighted by molar-refractivity contribution is 5.65. The minimum absolute atomic E-state index is 0.168. The predicted octanol–water partition coefficient (Wildman–Crippen LogP) is 4.25. The van der Waals surface area contributed by atoms with E-state index in [1.165, 1.54) is 45.4 Å². The van der Waals surface area contributed by atoms with Crippen LogP contribution in [0.4, 0.5) is 0 Å². The van der Waals surface area contributed by atoms with Gasteiger partial charge in [0.25, 0.3) is 0 Å². The largest absolute Gasteiger partial charge is 0.466 e. The first kappa shape index (κ1) is 15.2. The van der Waals surface area contributed by atoms with Crippen molar-refractivity contribution >= 4 is 5.97 Å². The Hall–Kier alpha value is -0.790. The number of carbonyl (C=O) groups is 1. The summed E-state index contributed by atoms with van der Waals surface area (Å²) in [6.07, 6.45) is 14.2. The molecule has 0 aromatic carbocycles. The molecule has 0 N–H and O–H groups in total. The van der Waals surface area contributed by atoms with Gasteiger partial charge in [-0.05, 0) is 25.7 Å². The Kier molecular flexibility index (Phi) is 11.7. The molecule has 0 saturated carbocycles. The zero-order chi connectivity index (χ0) is 12.1. The summed E-state index contributed by atoms with van der Waals surface area (Å²) in [6, 6.07) is 0. The van der Waals surface area contributed by atoms with Gasteiger partial charge in [0.1, 0.15) is 0 Å². The number of ether oxygens (including phenoxy) is 1. The summed E-state index contributed by atoms with van der Waals surface area (Å²) in [6.45, 7) is 4.26. The summed E-state index contributed by atoms with van der Waals surface area (Å²) in [5.74, 6) is -0.168. The first-order chi connectivity index (χ1) is 7.77. The van der Waals surface area contributed by atoms with Gasteiger partial charge < -0.3 is 4.74 Å². The minimum atomic E-state index is -0.168. The number of rotatable bonds is 10. The van der Waals surface area contributed by atoms with Crippen molar-refractivity contribution < 1.29 is 9.53 Å². The highest BCUT2D eigenvalue weighted by atomic mass is 16.5. The molecule has 0 heterocycles. The third kappa shape index (κ3) is 13.2. The topological polar surface area (TPSA) is 26.3 Å². The second-order valence-electron chi connectivity index (χ2n) is 4.16. The molecule has 0 unspecified atom stereocenters. The van der Waals surface area contributed by atoms with Gasteiger partial charge in [-0.2, -0.15) is 0 Å². The first-order valence-electron chi connectivity index (χ1n) is 6.55. The molecule has 0 amide bonds. The lowest BCUT2D eigenvalue weighted by Gasteiger charge is -2.00. The Morgan fingerprint density at radius 3 is 2.25 bits per heavy atom. The lowest BCUT2D eigenvalue weighted by Crippen LogP contribution is -1.99. The van der Waals surface area contributed by atoms with E-state index in [4.69, 9.17) is 4.74 Å². The molecule has 0 aromatic heterocycles. The lowest BCUT2D eigenvalue weighted by molar-refractivity contribution is -0.141. The van der Waals surface area contributed by atoms with Gasteiger partial charge in [0, 0.05) is 6.92 Å². The van der Waals surface area contributed by atoms with Crippen LogP contribution in [0.25, 0.3) is 0 Å². The number of hydrogen-bond donors (Lipinski definition) is 0. The van der Waals surface area contributed by atoms with E-state index in [0.717, 1.165) is 12.8 Å². The SMILES string of the molecule is CCCC/C=C\CCCCCCOC(C)=O. The van der Waals surface area contributed by atoms with E-state index >= 15 is 0 Å². The van der Waals surface area contributed by atoms with Crippen LogP contribution < -0.4 is 0 Å². The number of unbranched alkanes of at least 4 members (excludes halogenated alkanes) is 6. The van der Waals surface area contributed by atoms with Crippen molar-refractivity contribution in [2.75, 3.05) is 6.61 Å². The van der Waals surface area contributed by atoms with Crippen molar-refractivity contribution in [2.45, 2.75) is 65.2 Å². The quantitative estimate of drug-likeness (QED) is 0.316. The lowest BCUT2D eigenvalue weighted by atomic mass is 10.1. The van der Waals surface area contributed by atoms with Crippen LogP contribution >= 0.6 is 0 Å². The van der Waals surface area contributed by atoms with E-state index in [0.29, 0.717) is 6.61 Å². The van der Waals surface area contributed by atoms with Gasteiger partial charge in [-0.15, -0.1) is 0 Å². The molecule has 94 valence electrons. The van der Waals surface area contributed by atoms with E-state index in [2.05, 4.69) is 19.1 Å². The number of carbonyl (C=O) groups excluding carboxylic acids is 1. The van der Waals surface area contributed by atoms with Gasteiger partial charge in [0.15, 0.2) is 0 Å². The van der Waals surface area contributed by atoms with Crippen LogP contribution in [0.3, 0.4) is 0 Å². The first-order valence-corrected chi connectivity index (χ1v) is 6.55. The van der Waals surface area contributed by atoms with Gasteiger partial charge in [0.2, 0.25) is 0 Å². The summed E-state index contributed by atoms with van der Waals surface area (Å²) < 4.78 is 4.86. The molecule has 16 heavy (non-hydrogen) atoms. The maximum atomic E-state index is 10.5. The number of esters is 1. The highest BCUT2D eigenvalue weighted by Gasteiger charge is 1.92. The highest BCUT2D eigenvalue weighted by Crippen LogP contribution is 2.05. The van der Waals surface area contributed by atoms with Crippen LogP contribution in [0.2, 0.25) is 0 Å². The molecule has 0 bridgehead atoms. The van der Waals surface area contributed by atoms with Crippen molar-refractivity contribution in [3.05, 3.63) is 12.2 Å². The summed E-state index contributed by atoms with van der Waals surface area (Å²) in [5.41, 5.74) is 0. The Bertz CT molecular complexity index is 185. The molecule has 0 aromatic rings. The summed E-state index contributed by atoms with van der Waals surface area (Å²) in [5, 5.41) is 0. The fraction of sp³-hybridized carbons (Fsp3) is 0.786. The van der Waals surface area contributed by atoms with Crippen LogP contribution in [0.15, 0.2) is 12.2 Å². The molecule has 0 rings (SSSR count). The Balaban J connectivity index is 3.03. The molecular formula is C14H26O2. The maximum Gasteiger partial charge on any atom is 0.302 e. The summed E-state index contributed by atoms with van der Waals surface area (Å²) in [7, 11) is 0. The molecule has 0 aliphatic rings. The Morgan fingerprint density at radius 2 is 1.62 bits per heavy atom. The molecule has 0 saturated heterocycles. The van der Waals surface area contributed by atoms with Gasteiger partial charge in [-0.25, -0.2) is 0 Å².